The van der Waals surface area contributed by atoms with Gasteiger partial charge in [0.1, 0.15) is 92.3 Å². The van der Waals surface area contributed by atoms with Crippen LogP contribution in [0.5, 0.6) is 0 Å². The minimum absolute atomic E-state index is 0.0323. The lowest BCUT2D eigenvalue weighted by molar-refractivity contribution is -0.436. The fourth-order valence-corrected chi connectivity index (χ4v) is 14.5. The number of carboxylic acids is 3. The maximum atomic E-state index is 14.3. The minimum atomic E-state index is -2.33. The molecule has 0 radical (unpaired) electrons. The van der Waals surface area contributed by atoms with E-state index in [9.17, 15) is 79.8 Å². The number of methoxy groups -OCH3 is 1. The van der Waals surface area contributed by atoms with Crippen LogP contribution in [0.4, 0.5) is 11.4 Å². The molecule has 4 saturated heterocycles. The Kier molecular flexibility index (Phi) is 23.3. The van der Waals surface area contributed by atoms with Crippen molar-refractivity contribution in [3.05, 3.63) is 132 Å². The zero-order chi connectivity index (χ0) is 72.4. The average molecular weight is 1400 g/mol. The molecule has 540 valence electrons. The largest absolute Gasteiger partial charge is 0.481 e. The van der Waals surface area contributed by atoms with Gasteiger partial charge in [-0.25, -0.2) is 9.59 Å². The summed E-state index contributed by atoms with van der Waals surface area (Å²) in [7, 11) is 1.05. The first kappa shape index (κ1) is 74.7. The van der Waals surface area contributed by atoms with Crippen molar-refractivity contribution in [1.82, 2.24) is 10.6 Å². The summed E-state index contributed by atoms with van der Waals surface area (Å²) in [6.07, 6.45) is -21.8. The van der Waals surface area contributed by atoms with Crippen molar-refractivity contribution in [3.63, 3.8) is 0 Å². The molecule has 0 bridgehead atoms. The minimum Gasteiger partial charge on any atom is -0.481 e. The first-order valence-corrected chi connectivity index (χ1v) is 32.9. The van der Waals surface area contributed by atoms with Crippen LogP contribution in [-0.2, 0) is 82.2 Å². The molecule has 6 aliphatic heterocycles. The number of nitrogens with one attached hydrogen (secondary N) is 2. The summed E-state index contributed by atoms with van der Waals surface area (Å²) in [5.74, 6) is -6.76. The van der Waals surface area contributed by atoms with Gasteiger partial charge in [0.2, 0.25) is 17.5 Å². The van der Waals surface area contributed by atoms with Crippen LogP contribution in [0.1, 0.15) is 72.4 Å². The lowest BCUT2D eigenvalue weighted by Crippen LogP contribution is -2.70. The molecule has 0 aromatic heterocycles. The van der Waals surface area contributed by atoms with E-state index in [-0.39, 0.29) is 25.9 Å². The van der Waals surface area contributed by atoms with E-state index in [2.05, 4.69) is 55.4 Å². The fourth-order valence-electron chi connectivity index (χ4n) is 14.5. The van der Waals surface area contributed by atoms with Gasteiger partial charge in [-0.2, -0.15) is 4.58 Å². The van der Waals surface area contributed by atoms with Gasteiger partial charge in [0, 0.05) is 62.0 Å². The summed E-state index contributed by atoms with van der Waals surface area (Å²) in [4.78, 5) is 79.2. The van der Waals surface area contributed by atoms with Gasteiger partial charge in [-0.1, -0.05) is 98.8 Å². The molecule has 0 spiro atoms. The number of anilines is 1. The number of ether oxygens (including phenoxy) is 9. The molecule has 6 aliphatic rings. The van der Waals surface area contributed by atoms with E-state index in [0.29, 0.717) is 0 Å². The van der Waals surface area contributed by atoms with Gasteiger partial charge in [-0.05, 0) is 66.1 Å². The van der Waals surface area contributed by atoms with E-state index in [1.54, 1.807) is 0 Å². The molecule has 0 aliphatic carbocycles. The normalized spacial score (nSPS) is 33.0. The standard InChI is InChI=1S/C71H86N4O25/c1-34-51(72-35(2)77)59(53(82)43(32-76)94-34)96-69-58(87)56(85)62(64(100-69)66(90)91)98-67-52(73-36(3)78)60(97-68-57(86)55(84)61(92-8)63(99-68)65(88)89)54(83)44(95-67)33-93-48(81)29-31-75-42-27-25-38-19-15-17-21-40(38)50(42)71(6,7)46(75)23-13-11-9-10-12-22-45-70(4,5)49-39-20-16-14-18-37(39)24-26-41(49)74(45)30-28-47(79)80/h9-27,34,43-44,51-64,67-69,76,82-87H,28-33H2,1-8H3,(H4-,72,73,77,78,79,80,88,89,90,91)/p+1/t34-,43?,44?,51?,52?,53+,54+,55+,56+,57?,58?,59+,60+,61-,62-,63?,64?,67-,68+,69+/m0/s1. The maximum absolute atomic E-state index is 14.3. The molecule has 100 heavy (non-hydrogen) atoms. The summed E-state index contributed by atoms with van der Waals surface area (Å²) >= 11 is 0. The van der Waals surface area contributed by atoms with Crippen molar-refractivity contribution in [2.75, 3.05) is 38.3 Å². The molecule has 12 N–H and O–H groups in total. The monoisotopic (exact) mass is 1400 g/mol. The molecular formula is C71H87N4O25+. The Morgan fingerprint density at radius 1 is 0.590 bits per heavy atom. The molecule has 2 amide bonds. The van der Waals surface area contributed by atoms with E-state index >= 15 is 0 Å². The highest BCUT2D eigenvalue weighted by atomic mass is 16.8. The number of allylic oxidation sites excluding steroid dienone is 8. The highest BCUT2D eigenvalue weighted by Crippen LogP contribution is 2.51. The van der Waals surface area contributed by atoms with Gasteiger partial charge in [-0.3, -0.25) is 19.2 Å². The van der Waals surface area contributed by atoms with E-state index in [0.717, 1.165) is 76.4 Å². The number of hydrogen-bond donors (Lipinski definition) is 12. The topological polar surface area (TPSA) is 418 Å². The molecule has 10 rings (SSSR count). The number of carbonyl (C=O) groups is 6. The third kappa shape index (κ3) is 15.2. The molecule has 29 nitrogen and oxygen atoms in total. The molecule has 4 aromatic rings. The number of carbonyl (C=O) groups excluding carboxylic acids is 3. The third-order valence-corrected chi connectivity index (χ3v) is 19.2. The summed E-state index contributed by atoms with van der Waals surface area (Å²) in [6, 6.07) is 21.0. The van der Waals surface area contributed by atoms with Crippen molar-refractivity contribution in [2.24, 2.45) is 0 Å². The van der Waals surface area contributed by atoms with E-state index in [1.165, 1.54) is 6.92 Å². The van der Waals surface area contributed by atoms with Gasteiger partial charge in [0.05, 0.1) is 30.6 Å². The Morgan fingerprint density at radius 2 is 1.13 bits per heavy atom. The first-order chi connectivity index (χ1) is 47.5. The zero-order valence-corrected chi connectivity index (χ0v) is 56.2. The Labute approximate surface area is 575 Å². The van der Waals surface area contributed by atoms with Crippen molar-refractivity contribution >= 4 is 74.3 Å². The number of amides is 2. The number of aliphatic carboxylic acids is 3. The quantitative estimate of drug-likeness (QED) is 0.0269. The Hall–Kier alpha value is -7.95. The number of aliphatic hydroxyl groups excluding tert-OH is 7. The van der Waals surface area contributed by atoms with Crippen molar-refractivity contribution < 1.29 is 127 Å². The van der Waals surface area contributed by atoms with Gasteiger partial charge < -0.3 is 109 Å². The SMILES string of the molecule is CO[C@@H]1C(C(=O)O)O[C@@H](O[C@@H]2C(NC(C)=O)[C@H](O[C@@H]3C(C(=O)O)O[C@@H](O[C@@H]4C(NC(C)=O)[C@H](C)OC(CO)[C@H]4O)C(O)[C@H]3O)OC(COC(=O)CC[N+]3=C(/C=C/C=C/C=C/C=C4/N(CCC(=O)O)c5ccc6ccccc6c5C4(C)C)C(C)(C)c4c3ccc3ccccc43)[C@H]2O)C(O)[C@H]1O. The van der Waals surface area contributed by atoms with E-state index < -0.39 is 182 Å². The molecule has 6 heterocycles. The molecule has 0 saturated carbocycles. The molecular weight excluding hydrogens is 1310 g/mol. The number of benzene rings is 4. The van der Waals surface area contributed by atoms with Crippen LogP contribution in [0.15, 0.2) is 121 Å². The van der Waals surface area contributed by atoms with Gasteiger partial charge in [0.25, 0.3) is 0 Å². The zero-order valence-electron chi connectivity index (χ0n) is 56.2. The number of nitrogens with zero attached hydrogens (tertiary/aromatic N) is 2. The molecule has 8 unspecified atom stereocenters. The first-order valence-electron chi connectivity index (χ1n) is 32.9. The molecule has 4 aromatic carbocycles. The predicted molar refractivity (Wildman–Crippen MR) is 354 cm³/mol. The smallest absolute Gasteiger partial charge is 0.335 e. The summed E-state index contributed by atoms with van der Waals surface area (Å²) < 4.78 is 54.3. The van der Waals surface area contributed by atoms with Crippen LogP contribution >= 0.6 is 0 Å². The van der Waals surface area contributed by atoms with Crippen LogP contribution in [0.25, 0.3) is 21.5 Å². The number of aliphatic hydroxyl groups is 7. The summed E-state index contributed by atoms with van der Waals surface area (Å²) in [6.45, 7) is 10.8. The highest BCUT2D eigenvalue weighted by molar-refractivity contribution is 6.08. The molecule has 29 heteroatoms. The second-order valence-corrected chi connectivity index (χ2v) is 26.6. The number of hydrogen-bond acceptors (Lipinski definition) is 23. The van der Waals surface area contributed by atoms with Crippen LogP contribution in [0.2, 0.25) is 0 Å². The number of esters is 1. The molecule has 4 fully saturated rings. The van der Waals surface area contributed by atoms with Crippen molar-refractivity contribution in [1.29, 1.82) is 0 Å². The average Bonchev–Trinajstić information content (AvgIpc) is 1.57. The third-order valence-electron chi connectivity index (χ3n) is 19.2. The lowest BCUT2D eigenvalue weighted by Gasteiger charge is -2.50. The number of rotatable bonds is 24. The van der Waals surface area contributed by atoms with E-state index in [4.69, 9.17) is 42.6 Å². The van der Waals surface area contributed by atoms with Gasteiger partial charge in [-0.15, -0.1) is 0 Å². The number of fused-ring (bicyclic) bond motifs is 6. The van der Waals surface area contributed by atoms with Crippen molar-refractivity contribution in [2.45, 2.75) is 195 Å². The summed E-state index contributed by atoms with van der Waals surface area (Å²) in [5.41, 5.74) is 4.49. The van der Waals surface area contributed by atoms with Gasteiger partial charge in [0.15, 0.2) is 43.3 Å². The second kappa shape index (κ2) is 31.1. The van der Waals surface area contributed by atoms with Crippen LogP contribution < -0.4 is 15.5 Å². The maximum Gasteiger partial charge on any atom is 0.335 e. The van der Waals surface area contributed by atoms with Crippen LogP contribution in [-0.4, -0.2) is 253 Å². The Bertz CT molecular complexity index is 3870. The lowest BCUT2D eigenvalue weighted by atomic mass is 9.79. The van der Waals surface area contributed by atoms with Crippen LogP contribution in [0.3, 0.4) is 0 Å². The van der Waals surface area contributed by atoms with Crippen LogP contribution in [0, 0.1) is 0 Å². The number of carboxylic acid groups (broad SMARTS) is 3. The van der Waals surface area contributed by atoms with Gasteiger partial charge >= 0.3 is 23.9 Å². The Morgan fingerprint density at radius 3 is 1.73 bits per heavy atom. The fraction of sp³-hybridized carbons (Fsp3) is 0.507. The summed E-state index contributed by atoms with van der Waals surface area (Å²) in [5, 5.41) is 119. The van der Waals surface area contributed by atoms with E-state index in [1.807, 2.05) is 108 Å². The molecule has 20 atom stereocenters. The Balaban J connectivity index is 0.909. The van der Waals surface area contributed by atoms with Crippen molar-refractivity contribution in [3.8, 4) is 0 Å². The second-order valence-electron chi connectivity index (χ2n) is 26.6. The highest BCUT2D eigenvalue weighted by Gasteiger charge is 2.58. The predicted octanol–water partition coefficient (Wildman–Crippen LogP) is 1.60.